The summed E-state index contributed by atoms with van der Waals surface area (Å²) in [7, 11) is -3.16. The lowest BCUT2D eigenvalue weighted by Gasteiger charge is -2.12. The number of phenolic OH excluding ortho intramolecular Hbond substituents is 2. The number of carboxylic acid groups (broad SMARTS) is 1. The zero-order valence-corrected chi connectivity index (χ0v) is 12.6. The first-order valence-corrected chi connectivity index (χ1v) is 7.54. The molecule has 0 radical (unpaired) electrons. The maximum atomic E-state index is 12.3. The Balaban J connectivity index is 2.51. The number of para-hydroxylation sites is 1. The summed E-state index contributed by atoms with van der Waals surface area (Å²) in [5.41, 5.74) is -0.453. The Morgan fingerprint density at radius 3 is 2.35 bits per heavy atom. The van der Waals surface area contributed by atoms with Crippen molar-refractivity contribution in [1.82, 2.24) is 0 Å². The normalized spacial score (nSPS) is 11.0. The van der Waals surface area contributed by atoms with Crippen molar-refractivity contribution in [3.8, 4) is 23.0 Å². The minimum atomic E-state index is -4.43. The van der Waals surface area contributed by atoms with Gasteiger partial charge in [-0.15, -0.1) is 0 Å². The van der Waals surface area contributed by atoms with Crippen LogP contribution in [0.5, 0.6) is 23.0 Å². The highest BCUT2D eigenvalue weighted by Crippen LogP contribution is 2.38. The van der Waals surface area contributed by atoms with Crippen LogP contribution in [0, 0.1) is 0 Å². The van der Waals surface area contributed by atoms with E-state index in [2.05, 4.69) is 0 Å². The fourth-order valence-electron chi connectivity index (χ4n) is 1.77. The predicted molar refractivity (Wildman–Crippen MR) is 77.5 cm³/mol. The monoisotopic (exact) mass is 340 g/mol. The van der Waals surface area contributed by atoms with Crippen LogP contribution in [0.15, 0.2) is 41.3 Å². The van der Waals surface area contributed by atoms with Gasteiger partial charge in [0.1, 0.15) is 10.6 Å². The molecule has 0 saturated carbocycles. The first-order valence-electron chi connectivity index (χ1n) is 6.13. The SMILES string of the molecule is COc1ccccc1S(=O)(=O)Oc1cc(C(=O)O)cc(O)c1O. The average Bonchev–Trinajstić information content (AvgIpc) is 2.51. The second kappa shape index (κ2) is 6.05. The van der Waals surface area contributed by atoms with Gasteiger partial charge in [0.15, 0.2) is 11.5 Å². The Hall–Kier alpha value is -2.94. The molecule has 0 fully saturated rings. The van der Waals surface area contributed by atoms with Crippen molar-refractivity contribution in [2.75, 3.05) is 7.11 Å². The maximum Gasteiger partial charge on any atom is 0.343 e. The minimum absolute atomic E-state index is 0.00519. The molecule has 0 bridgehead atoms. The number of rotatable bonds is 5. The molecule has 0 saturated heterocycles. The molecular weight excluding hydrogens is 328 g/mol. The molecule has 2 rings (SSSR count). The number of hydrogen-bond donors (Lipinski definition) is 3. The van der Waals surface area contributed by atoms with Crippen LogP contribution in [0.4, 0.5) is 0 Å². The van der Waals surface area contributed by atoms with Crippen LogP contribution in [0.25, 0.3) is 0 Å². The summed E-state index contributed by atoms with van der Waals surface area (Å²) >= 11 is 0. The molecule has 0 aliphatic heterocycles. The second-order valence-electron chi connectivity index (χ2n) is 4.34. The van der Waals surface area contributed by atoms with Crippen molar-refractivity contribution in [2.24, 2.45) is 0 Å². The largest absolute Gasteiger partial charge is 0.504 e. The molecular formula is C14H12O8S. The van der Waals surface area contributed by atoms with Crippen LogP contribution in [-0.4, -0.2) is 36.8 Å². The van der Waals surface area contributed by atoms with Crippen LogP contribution >= 0.6 is 0 Å². The van der Waals surface area contributed by atoms with Crippen LogP contribution in [0.1, 0.15) is 10.4 Å². The van der Waals surface area contributed by atoms with E-state index >= 15 is 0 Å². The number of benzene rings is 2. The van der Waals surface area contributed by atoms with Gasteiger partial charge in [-0.2, -0.15) is 8.42 Å². The van der Waals surface area contributed by atoms with E-state index in [-0.39, 0.29) is 10.6 Å². The van der Waals surface area contributed by atoms with Crippen molar-refractivity contribution in [2.45, 2.75) is 4.90 Å². The molecule has 2 aromatic carbocycles. The van der Waals surface area contributed by atoms with E-state index in [0.29, 0.717) is 0 Å². The zero-order valence-electron chi connectivity index (χ0n) is 11.8. The number of ether oxygens (including phenoxy) is 1. The number of aromatic carboxylic acids is 1. The molecule has 0 atom stereocenters. The van der Waals surface area contributed by atoms with Gasteiger partial charge in [-0.05, 0) is 18.2 Å². The van der Waals surface area contributed by atoms with Gasteiger partial charge < -0.3 is 24.2 Å². The van der Waals surface area contributed by atoms with E-state index in [1.165, 1.54) is 25.3 Å². The fourth-order valence-corrected chi connectivity index (χ4v) is 2.86. The van der Waals surface area contributed by atoms with Crippen molar-refractivity contribution >= 4 is 16.1 Å². The van der Waals surface area contributed by atoms with Gasteiger partial charge in [0.25, 0.3) is 0 Å². The van der Waals surface area contributed by atoms with Crippen LogP contribution in [0.3, 0.4) is 0 Å². The van der Waals surface area contributed by atoms with Gasteiger partial charge in [0.2, 0.25) is 5.75 Å². The fraction of sp³-hybridized carbons (Fsp3) is 0.0714. The Bertz CT molecular complexity index is 857. The topological polar surface area (TPSA) is 130 Å². The van der Waals surface area contributed by atoms with E-state index in [9.17, 15) is 23.4 Å². The molecule has 0 unspecified atom stereocenters. The molecule has 0 aliphatic rings. The van der Waals surface area contributed by atoms with Crippen molar-refractivity contribution in [3.05, 3.63) is 42.0 Å². The standard InChI is InChI=1S/C14H12O8S/c1-21-10-4-2-3-5-12(10)23(19,20)22-11-7-8(14(17)18)6-9(15)13(11)16/h2-7,15-16H,1H3,(H,17,18). The number of methoxy groups -OCH3 is 1. The summed E-state index contributed by atoms with van der Waals surface area (Å²) in [6.07, 6.45) is 0. The van der Waals surface area contributed by atoms with Gasteiger partial charge in [-0.1, -0.05) is 12.1 Å². The summed E-state index contributed by atoms with van der Waals surface area (Å²) in [5, 5.41) is 28.1. The van der Waals surface area contributed by atoms with Gasteiger partial charge in [0.05, 0.1) is 12.7 Å². The van der Waals surface area contributed by atoms with E-state index in [1.807, 2.05) is 0 Å². The molecule has 3 N–H and O–H groups in total. The number of phenols is 2. The van der Waals surface area contributed by atoms with Crippen molar-refractivity contribution in [1.29, 1.82) is 0 Å². The number of carbonyl (C=O) groups is 1. The molecule has 122 valence electrons. The molecule has 8 nitrogen and oxygen atoms in total. The number of hydrogen-bond acceptors (Lipinski definition) is 7. The smallest absolute Gasteiger partial charge is 0.343 e. The van der Waals surface area contributed by atoms with Crippen molar-refractivity contribution < 1.29 is 37.5 Å². The molecule has 23 heavy (non-hydrogen) atoms. The lowest BCUT2D eigenvalue weighted by Crippen LogP contribution is -2.11. The lowest BCUT2D eigenvalue weighted by atomic mass is 10.2. The molecule has 0 spiro atoms. The first kappa shape index (κ1) is 16.4. The van der Waals surface area contributed by atoms with Crippen molar-refractivity contribution in [3.63, 3.8) is 0 Å². The summed E-state index contributed by atoms with van der Waals surface area (Å²) in [6.45, 7) is 0. The molecule has 0 heterocycles. The van der Waals surface area contributed by atoms with Gasteiger partial charge in [0, 0.05) is 6.07 Å². The van der Waals surface area contributed by atoms with Gasteiger partial charge in [-0.3, -0.25) is 0 Å². The molecule has 2 aromatic rings. The third-order valence-electron chi connectivity index (χ3n) is 2.84. The number of carboxylic acids is 1. The molecule has 0 aromatic heterocycles. The summed E-state index contributed by atoms with van der Waals surface area (Å²) in [5.74, 6) is -3.86. The minimum Gasteiger partial charge on any atom is -0.504 e. The van der Waals surface area contributed by atoms with Crippen LogP contribution < -0.4 is 8.92 Å². The third kappa shape index (κ3) is 3.29. The predicted octanol–water partition coefficient (Wildman–Crippen LogP) is 1.57. The zero-order chi connectivity index (χ0) is 17.2. The quantitative estimate of drug-likeness (QED) is 0.552. The Labute approximate surface area is 131 Å². The molecule has 9 heteroatoms. The number of aromatic hydroxyl groups is 2. The average molecular weight is 340 g/mol. The molecule has 0 amide bonds. The lowest BCUT2D eigenvalue weighted by molar-refractivity contribution is 0.0696. The highest BCUT2D eigenvalue weighted by atomic mass is 32.2. The third-order valence-corrected chi connectivity index (χ3v) is 4.11. The van der Waals surface area contributed by atoms with E-state index < -0.39 is 38.9 Å². The Morgan fingerprint density at radius 1 is 1.09 bits per heavy atom. The Morgan fingerprint density at radius 2 is 1.74 bits per heavy atom. The maximum absolute atomic E-state index is 12.3. The highest BCUT2D eigenvalue weighted by molar-refractivity contribution is 7.87. The highest BCUT2D eigenvalue weighted by Gasteiger charge is 2.25. The van der Waals surface area contributed by atoms with Gasteiger partial charge >= 0.3 is 16.1 Å². The summed E-state index contributed by atoms with van der Waals surface area (Å²) in [4.78, 5) is 10.6. The Kier molecular flexibility index (Phi) is 4.32. The first-order chi connectivity index (χ1) is 10.8. The van der Waals surface area contributed by atoms with E-state index in [0.717, 1.165) is 12.1 Å². The van der Waals surface area contributed by atoms with Crippen LogP contribution in [-0.2, 0) is 10.1 Å². The summed E-state index contributed by atoms with van der Waals surface area (Å²) in [6, 6.07) is 7.13. The van der Waals surface area contributed by atoms with E-state index in [1.54, 1.807) is 6.07 Å². The second-order valence-corrected chi connectivity index (χ2v) is 5.85. The molecule has 0 aliphatic carbocycles. The van der Waals surface area contributed by atoms with Gasteiger partial charge in [-0.25, -0.2) is 4.79 Å². The van der Waals surface area contributed by atoms with Crippen LogP contribution in [0.2, 0.25) is 0 Å². The summed E-state index contributed by atoms with van der Waals surface area (Å²) < 4.78 is 34.2. The van der Waals surface area contributed by atoms with E-state index in [4.69, 9.17) is 14.0 Å².